The molecule has 0 aliphatic heterocycles. The summed E-state index contributed by atoms with van der Waals surface area (Å²) in [6, 6.07) is 18.8. The fourth-order valence-electron chi connectivity index (χ4n) is 3.02. The highest BCUT2D eigenvalue weighted by molar-refractivity contribution is 7.10. The average Bonchev–Trinajstić information content (AvgIpc) is 3.28. The van der Waals surface area contributed by atoms with Gasteiger partial charge in [-0.05, 0) is 54.9 Å². The van der Waals surface area contributed by atoms with Gasteiger partial charge in [0.1, 0.15) is 5.75 Å². The Labute approximate surface area is 145 Å². The molecule has 24 heavy (non-hydrogen) atoms. The van der Waals surface area contributed by atoms with Crippen molar-refractivity contribution >= 4 is 22.4 Å². The predicted molar refractivity (Wildman–Crippen MR) is 101 cm³/mol. The summed E-state index contributed by atoms with van der Waals surface area (Å²) in [7, 11) is 1.68. The van der Waals surface area contributed by atoms with E-state index in [1.807, 2.05) is 24.3 Å². The molecule has 0 unspecified atom stereocenters. The third-order valence-corrected chi connectivity index (χ3v) is 5.11. The Morgan fingerprint density at radius 3 is 2.67 bits per heavy atom. The number of ether oxygens (including phenoxy) is 1. The third-order valence-electron chi connectivity index (χ3n) is 4.29. The first-order valence-corrected chi connectivity index (χ1v) is 8.77. The largest absolute Gasteiger partial charge is 0.497 e. The van der Waals surface area contributed by atoms with Crippen molar-refractivity contribution < 1.29 is 4.74 Å². The van der Waals surface area contributed by atoms with E-state index in [0.717, 1.165) is 23.6 Å². The number of aromatic nitrogens is 2. The monoisotopic (exact) mass is 334 g/mol. The van der Waals surface area contributed by atoms with Crippen LogP contribution in [0.1, 0.15) is 6.92 Å². The lowest BCUT2D eigenvalue weighted by atomic mass is 10.1. The Balaban J connectivity index is 1.78. The summed E-state index contributed by atoms with van der Waals surface area (Å²) in [5.41, 5.74) is 4.64. The SMILES string of the molecule is CCn1ccc2cccc(-c3cc(-c4ccc(OC)cc4)ns3)c21. The zero-order chi connectivity index (χ0) is 16.5. The highest BCUT2D eigenvalue weighted by atomic mass is 32.1. The Bertz CT molecular complexity index is 982. The molecule has 3 nitrogen and oxygen atoms in total. The van der Waals surface area contributed by atoms with Crippen LogP contribution < -0.4 is 4.74 Å². The number of para-hydroxylation sites is 1. The van der Waals surface area contributed by atoms with Crippen LogP contribution in [-0.4, -0.2) is 16.1 Å². The standard InChI is InChI=1S/C20H18N2OS/c1-3-22-12-11-15-5-4-6-17(20(15)22)19-13-18(21-24-19)14-7-9-16(23-2)10-8-14/h4-13H,3H2,1-2H3. The molecule has 0 aliphatic rings. The number of aryl methyl sites for hydroxylation is 1. The molecule has 0 saturated carbocycles. The van der Waals surface area contributed by atoms with Gasteiger partial charge >= 0.3 is 0 Å². The number of hydrogen-bond acceptors (Lipinski definition) is 3. The van der Waals surface area contributed by atoms with Crippen LogP contribution in [0.3, 0.4) is 0 Å². The fraction of sp³-hybridized carbons (Fsp3) is 0.150. The van der Waals surface area contributed by atoms with Crippen molar-refractivity contribution in [3.05, 3.63) is 60.8 Å². The Hall–Kier alpha value is -2.59. The van der Waals surface area contributed by atoms with Crippen LogP contribution in [0.2, 0.25) is 0 Å². The van der Waals surface area contributed by atoms with Gasteiger partial charge in [0.05, 0.1) is 23.2 Å². The first-order valence-electron chi connectivity index (χ1n) is 7.99. The lowest BCUT2D eigenvalue weighted by Crippen LogP contribution is -1.92. The van der Waals surface area contributed by atoms with E-state index in [1.165, 1.54) is 21.3 Å². The molecule has 4 aromatic rings. The third kappa shape index (κ3) is 2.49. The average molecular weight is 334 g/mol. The van der Waals surface area contributed by atoms with E-state index in [2.05, 4.69) is 52.4 Å². The summed E-state index contributed by atoms with van der Waals surface area (Å²) in [5.74, 6) is 0.861. The smallest absolute Gasteiger partial charge is 0.118 e. The number of rotatable bonds is 4. The van der Waals surface area contributed by atoms with Crippen LogP contribution in [0.4, 0.5) is 0 Å². The molecule has 0 N–H and O–H groups in total. The number of nitrogens with zero attached hydrogens (tertiary/aromatic N) is 2. The molecule has 0 radical (unpaired) electrons. The normalized spacial score (nSPS) is 11.1. The van der Waals surface area contributed by atoms with Gasteiger partial charge < -0.3 is 9.30 Å². The second-order valence-corrected chi connectivity index (χ2v) is 6.46. The molecule has 0 aliphatic carbocycles. The molecular formula is C20H18N2OS. The maximum absolute atomic E-state index is 5.22. The summed E-state index contributed by atoms with van der Waals surface area (Å²) in [6.45, 7) is 3.14. The molecular weight excluding hydrogens is 316 g/mol. The summed E-state index contributed by atoms with van der Waals surface area (Å²) in [4.78, 5) is 1.19. The van der Waals surface area contributed by atoms with Crippen molar-refractivity contribution in [3.8, 4) is 27.4 Å². The van der Waals surface area contributed by atoms with Crippen LogP contribution in [0, 0.1) is 0 Å². The van der Waals surface area contributed by atoms with Crippen molar-refractivity contribution in [1.29, 1.82) is 0 Å². The van der Waals surface area contributed by atoms with E-state index in [1.54, 1.807) is 18.6 Å². The van der Waals surface area contributed by atoms with Crippen LogP contribution in [-0.2, 0) is 6.54 Å². The number of methoxy groups -OCH3 is 1. The highest BCUT2D eigenvalue weighted by Gasteiger charge is 2.12. The van der Waals surface area contributed by atoms with E-state index < -0.39 is 0 Å². The van der Waals surface area contributed by atoms with Crippen LogP contribution in [0.5, 0.6) is 5.75 Å². The van der Waals surface area contributed by atoms with Gasteiger partial charge in [-0.15, -0.1) is 0 Å². The zero-order valence-electron chi connectivity index (χ0n) is 13.7. The summed E-state index contributed by atoms with van der Waals surface area (Å²) >= 11 is 1.55. The van der Waals surface area contributed by atoms with Crippen LogP contribution >= 0.6 is 11.5 Å². The van der Waals surface area contributed by atoms with Crippen LogP contribution in [0.15, 0.2) is 60.8 Å². The first-order chi connectivity index (χ1) is 11.8. The number of hydrogen-bond donors (Lipinski definition) is 0. The first kappa shape index (κ1) is 15.0. The molecule has 4 rings (SSSR count). The van der Waals surface area contributed by atoms with Gasteiger partial charge in [0.25, 0.3) is 0 Å². The predicted octanol–water partition coefficient (Wildman–Crippen LogP) is 5.46. The lowest BCUT2D eigenvalue weighted by molar-refractivity contribution is 0.415. The van der Waals surface area contributed by atoms with Crippen molar-refractivity contribution in [2.24, 2.45) is 0 Å². The molecule has 2 heterocycles. The molecule has 0 fully saturated rings. The summed E-state index contributed by atoms with van der Waals surface area (Å²) < 4.78 is 12.2. The second-order valence-electron chi connectivity index (χ2n) is 5.65. The van der Waals surface area contributed by atoms with Crippen molar-refractivity contribution in [3.63, 3.8) is 0 Å². The maximum Gasteiger partial charge on any atom is 0.118 e. The molecule has 2 aromatic carbocycles. The number of fused-ring (bicyclic) bond motifs is 1. The molecule has 0 bridgehead atoms. The van der Waals surface area contributed by atoms with Gasteiger partial charge in [-0.25, -0.2) is 0 Å². The van der Waals surface area contributed by atoms with E-state index in [0.29, 0.717) is 0 Å². The van der Waals surface area contributed by atoms with Crippen molar-refractivity contribution in [2.75, 3.05) is 7.11 Å². The van der Waals surface area contributed by atoms with E-state index in [-0.39, 0.29) is 0 Å². The van der Waals surface area contributed by atoms with Gasteiger partial charge in [0.15, 0.2) is 0 Å². The van der Waals surface area contributed by atoms with Crippen molar-refractivity contribution in [2.45, 2.75) is 13.5 Å². The molecule has 0 saturated heterocycles. The Morgan fingerprint density at radius 1 is 1.08 bits per heavy atom. The Kier molecular flexibility index (Phi) is 3.82. The van der Waals surface area contributed by atoms with Gasteiger partial charge in [0, 0.05) is 29.3 Å². The molecule has 4 heteroatoms. The summed E-state index contributed by atoms with van der Waals surface area (Å²) in [6.07, 6.45) is 2.15. The zero-order valence-corrected chi connectivity index (χ0v) is 14.5. The second kappa shape index (κ2) is 6.13. The van der Waals surface area contributed by atoms with Crippen molar-refractivity contribution in [1.82, 2.24) is 8.94 Å². The van der Waals surface area contributed by atoms with Gasteiger partial charge in [-0.2, -0.15) is 4.37 Å². The number of benzene rings is 2. The van der Waals surface area contributed by atoms with Crippen LogP contribution in [0.25, 0.3) is 32.6 Å². The van der Waals surface area contributed by atoms with E-state index in [9.17, 15) is 0 Å². The fourth-order valence-corrected chi connectivity index (χ4v) is 3.81. The van der Waals surface area contributed by atoms with E-state index in [4.69, 9.17) is 4.74 Å². The van der Waals surface area contributed by atoms with Gasteiger partial charge in [-0.1, -0.05) is 18.2 Å². The minimum Gasteiger partial charge on any atom is -0.497 e. The molecule has 120 valence electrons. The highest BCUT2D eigenvalue weighted by Crippen LogP contribution is 2.35. The molecule has 0 spiro atoms. The maximum atomic E-state index is 5.22. The molecule has 0 atom stereocenters. The minimum absolute atomic E-state index is 0.861. The Morgan fingerprint density at radius 2 is 1.92 bits per heavy atom. The summed E-state index contributed by atoms with van der Waals surface area (Å²) in [5, 5.41) is 1.27. The minimum atomic E-state index is 0.861. The lowest BCUT2D eigenvalue weighted by Gasteiger charge is -2.06. The van der Waals surface area contributed by atoms with Gasteiger partial charge in [0.2, 0.25) is 0 Å². The van der Waals surface area contributed by atoms with E-state index >= 15 is 0 Å². The van der Waals surface area contributed by atoms with Gasteiger partial charge in [-0.3, -0.25) is 0 Å². The molecule has 0 amide bonds. The topological polar surface area (TPSA) is 27.1 Å². The quantitative estimate of drug-likeness (QED) is 0.495. The molecule has 2 aromatic heterocycles.